The average Bonchev–Trinajstić information content (AvgIpc) is 3.84. The Morgan fingerprint density at radius 2 is 1.87 bits per heavy atom. The van der Waals surface area contributed by atoms with E-state index in [-0.39, 0.29) is 18.4 Å². The maximum Gasteiger partial charge on any atom is 0.259 e. The molecule has 12 nitrogen and oxygen atoms in total. The van der Waals surface area contributed by atoms with Crippen molar-refractivity contribution in [1.82, 2.24) is 39.7 Å². The summed E-state index contributed by atoms with van der Waals surface area (Å²) >= 11 is 1.81. The van der Waals surface area contributed by atoms with Gasteiger partial charge in [-0.25, -0.2) is 9.97 Å². The first-order valence-corrected chi connectivity index (χ1v) is 16.0. The van der Waals surface area contributed by atoms with Crippen molar-refractivity contribution < 1.29 is 12.7 Å². The second-order valence-electron chi connectivity index (χ2n) is 11.7. The largest absolute Gasteiger partial charge is 0.338 e. The molecule has 0 radical (unpaired) electrons. The first kappa shape index (κ1) is 30.2. The number of aromatic amines is 1. The van der Waals surface area contributed by atoms with Crippen LogP contribution in [-0.2, 0) is 19.7 Å². The molecule has 2 aliphatic heterocycles. The summed E-state index contributed by atoms with van der Waals surface area (Å²) in [5.74, 6) is 0.504. The van der Waals surface area contributed by atoms with E-state index in [1.807, 2.05) is 59.4 Å². The van der Waals surface area contributed by atoms with E-state index in [9.17, 15) is 9.59 Å². The van der Waals surface area contributed by atoms with Crippen LogP contribution < -0.4 is 5.32 Å². The second-order valence-corrected chi connectivity index (χ2v) is 12.1. The van der Waals surface area contributed by atoms with Crippen LogP contribution in [0, 0.1) is 0 Å². The lowest BCUT2D eigenvalue weighted by molar-refractivity contribution is -0.133. The fourth-order valence-corrected chi connectivity index (χ4v) is 6.64. The number of hydrogen-bond acceptors (Lipinski definition) is 8. The number of aromatic nitrogens is 6. The van der Waals surface area contributed by atoms with Gasteiger partial charge in [0.15, 0.2) is 11.4 Å². The highest BCUT2D eigenvalue weighted by Gasteiger charge is 2.46. The summed E-state index contributed by atoms with van der Waals surface area (Å²) in [7, 11) is 1.86. The molecule has 2 aliphatic rings. The fourth-order valence-electron chi connectivity index (χ4n) is 6.08. The molecule has 1 fully saturated rings. The number of nitrogens with one attached hydrogen (secondary N) is 2. The normalized spacial score (nSPS) is 18.6. The van der Waals surface area contributed by atoms with Crippen molar-refractivity contribution in [2.45, 2.75) is 18.4 Å². The van der Waals surface area contributed by atoms with Crippen molar-refractivity contribution in [1.29, 1.82) is 0 Å². The topological polar surface area (TPSA) is 134 Å². The summed E-state index contributed by atoms with van der Waals surface area (Å²) in [6, 6.07) is 17.5. The number of anilines is 1. The number of hydrogen-bond donors (Lipinski definition) is 2. The van der Waals surface area contributed by atoms with Crippen LogP contribution in [-0.4, -0.2) is 89.9 Å². The van der Waals surface area contributed by atoms with E-state index in [1.165, 1.54) is 5.57 Å². The van der Waals surface area contributed by atoms with E-state index in [2.05, 4.69) is 48.8 Å². The van der Waals surface area contributed by atoms with Gasteiger partial charge < -0.3 is 10.2 Å². The number of carbonyl (C=O) groups excluding carboxylic acids is 2. The lowest BCUT2D eigenvalue weighted by atomic mass is 9.98. The lowest BCUT2D eigenvalue weighted by Crippen LogP contribution is -2.47. The summed E-state index contributed by atoms with van der Waals surface area (Å²) in [5.41, 5.74) is 5.21. The van der Waals surface area contributed by atoms with Crippen LogP contribution in [0.5, 0.6) is 0 Å². The molecule has 0 aliphatic carbocycles. The Labute approximate surface area is 279 Å². The minimum Gasteiger partial charge on any atom is -0.338 e. The van der Waals surface area contributed by atoms with Crippen LogP contribution in [0.3, 0.4) is 0 Å². The van der Waals surface area contributed by atoms with Gasteiger partial charge in [0.1, 0.15) is 34.4 Å². The molecule has 0 spiro atoms. The molecule has 3 aromatic heterocycles. The average molecular weight is 730 g/mol. The number of nitrogens with zero attached hydrogens (tertiary/aromatic N) is 7. The van der Waals surface area contributed by atoms with Crippen LogP contribution in [0.15, 0.2) is 79.3 Å². The van der Waals surface area contributed by atoms with E-state index in [1.54, 1.807) is 46.1 Å². The molecule has 5 heterocycles. The number of H-pyrrole nitrogens is 1. The molecule has 2 amide bonds. The van der Waals surface area contributed by atoms with Crippen molar-refractivity contribution in [3.63, 3.8) is 0 Å². The van der Waals surface area contributed by atoms with Gasteiger partial charge in [-0.1, -0.05) is 30.3 Å². The van der Waals surface area contributed by atoms with Crippen LogP contribution in [0.2, 0.25) is 0 Å². The third-order valence-electron chi connectivity index (χ3n) is 8.65. The van der Waals surface area contributed by atoms with Crippen LogP contribution in [0.4, 0.5) is 5.69 Å². The van der Waals surface area contributed by atoms with Crippen LogP contribution >= 0.6 is 23.0 Å². The molecule has 1 atom stereocenters. The molecule has 0 unspecified atom stereocenters. The summed E-state index contributed by atoms with van der Waals surface area (Å²) in [5, 5.41) is 15.8. The summed E-state index contributed by atoms with van der Waals surface area (Å²) < 4.78 is 7.52. The number of rotatable bonds is 8. The SMILES string of the molecule is Cn1ccc(-c2n[nH]c3ccc(NC(=O)[C@]4(OI)CCN(CC(=O)N5CC=C(c6ccc(-c7ncccn7)cc6)CC5)C4)cc23)n1. The van der Waals surface area contributed by atoms with Crippen molar-refractivity contribution in [2.75, 3.05) is 38.0 Å². The Morgan fingerprint density at radius 1 is 1.07 bits per heavy atom. The molecule has 0 saturated carbocycles. The van der Waals surface area contributed by atoms with Gasteiger partial charge in [0, 0.05) is 74.9 Å². The quantitative estimate of drug-likeness (QED) is 0.224. The molecule has 46 heavy (non-hydrogen) atoms. The standard InChI is InChI=1S/C33H32IN9O3/c1-41-15-11-28(40-41)30-26-19-25(7-8-27(26)38-39-30)37-32(45)33(46-34)12-18-42(21-33)20-29(44)43-16-9-23(10-17-43)22-3-5-24(6-4-22)31-35-13-2-14-36-31/h2-9,11,13-15,19H,10,12,16-18,20-21H2,1H3,(H,37,45)(H,38,39)/t33-/m0/s1. The number of halogens is 1. The smallest absolute Gasteiger partial charge is 0.259 e. The molecule has 7 rings (SSSR count). The maximum atomic E-state index is 13.6. The number of fused-ring (bicyclic) bond motifs is 1. The van der Waals surface area contributed by atoms with Gasteiger partial charge in [0.25, 0.3) is 5.91 Å². The fraction of sp³-hybridized carbons (Fsp3) is 0.273. The first-order chi connectivity index (χ1) is 22.4. The van der Waals surface area contributed by atoms with Crippen LogP contribution in [0.25, 0.3) is 39.3 Å². The Kier molecular flexibility index (Phi) is 8.36. The minimum atomic E-state index is -1.07. The predicted octanol–water partition coefficient (Wildman–Crippen LogP) is 4.49. The van der Waals surface area contributed by atoms with Gasteiger partial charge >= 0.3 is 0 Å². The predicted molar refractivity (Wildman–Crippen MR) is 182 cm³/mol. The first-order valence-electron chi connectivity index (χ1n) is 15.1. The molecular weight excluding hydrogens is 697 g/mol. The summed E-state index contributed by atoms with van der Waals surface area (Å²) in [6.45, 7) is 2.34. The van der Waals surface area contributed by atoms with Gasteiger partial charge in [-0.2, -0.15) is 10.2 Å². The molecule has 5 aromatic rings. The molecule has 0 bridgehead atoms. The van der Waals surface area contributed by atoms with E-state index in [4.69, 9.17) is 3.07 Å². The zero-order valence-corrected chi connectivity index (χ0v) is 27.3. The van der Waals surface area contributed by atoms with E-state index >= 15 is 0 Å². The Hall–Kier alpha value is -4.47. The van der Waals surface area contributed by atoms with Crippen molar-refractivity contribution in [3.05, 3.63) is 84.8 Å². The monoisotopic (exact) mass is 729 g/mol. The number of aryl methyl sites for hydroxylation is 1. The van der Waals surface area contributed by atoms with Gasteiger partial charge in [-0.05, 0) is 47.9 Å². The van der Waals surface area contributed by atoms with E-state index in [0.717, 1.165) is 34.1 Å². The zero-order chi connectivity index (χ0) is 31.7. The molecule has 2 aromatic carbocycles. The number of amides is 2. The maximum absolute atomic E-state index is 13.6. The summed E-state index contributed by atoms with van der Waals surface area (Å²) in [4.78, 5) is 39.4. The summed E-state index contributed by atoms with van der Waals surface area (Å²) in [6.07, 6.45) is 8.72. The highest BCUT2D eigenvalue weighted by Crippen LogP contribution is 2.32. The third-order valence-corrected chi connectivity index (χ3v) is 9.49. The zero-order valence-electron chi connectivity index (χ0n) is 25.2. The molecule has 1 saturated heterocycles. The molecule has 13 heteroatoms. The van der Waals surface area contributed by atoms with E-state index in [0.29, 0.717) is 49.8 Å². The van der Waals surface area contributed by atoms with Crippen molar-refractivity contribution in [3.8, 4) is 22.8 Å². The number of carbonyl (C=O) groups is 2. The van der Waals surface area contributed by atoms with Gasteiger partial charge in [0.2, 0.25) is 5.91 Å². The number of benzene rings is 2. The highest BCUT2D eigenvalue weighted by atomic mass is 127. The molecule has 2 N–H and O–H groups in total. The van der Waals surface area contributed by atoms with E-state index < -0.39 is 5.60 Å². The molecule has 234 valence electrons. The lowest BCUT2D eigenvalue weighted by Gasteiger charge is -2.29. The second kappa shape index (κ2) is 12.7. The van der Waals surface area contributed by atoms with Crippen LogP contribution in [0.1, 0.15) is 18.4 Å². The van der Waals surface area contributed by atoms with Crippen molar-refractivity contribution >= 4 is 57.0 Å². The van der Waals surface area contributed by atoms with Crippen molar-refractivity contribution in [2.24, 2.45) is 7.05 Å². The minimum absolute atomic E-state index is 0.0454. The van der Waals surface area contributed by atoms with Gasteiger partial charge in [-0.3, -0.25) is 27.3 Å². The highest BCUT2D eigenvalue weighted by molar-refractivity contribution is 14.1. The van der Waals surface area contributed by atoms with Gasteiger partial charge in [0.05, 0.1) is 12.1 Å². The Bertz CT molecular complexity index is 1920. The van der Waals surface area contributed by atoms with Gasteiger partial charge in [-0.15, -0.1) is 0 Å². The number of likely N-dealkylation sites (tertiary alicyclic amines) is 1. The third kappa shape index (κ3) is 6.04. The molecular formula is C33H32IN9O3. The Balaban J connectivity index is 0.959. The Morgan fingerprint density at radius 3 is 2.59 bits per heavy atom.